The third-order valence-corrected chi connectivity index (χ3v) is 7.25. The van der Waals surface area contributed by atoms with Crippen LogP contribution in [0.4, 0.5) is 0 Å². The molecule has 1 atom stereocenters. The first kappa shape index (κ1) is 26.5. The highest BCUT2D eigenvalue weighted by molar-refractivity contribution is 5.95. The zero-order valence-corrected chi connectivity index (χ0v) is 21.5. The molecule has 0 aromatic heterocycles. The van der Waals surface area contributed by atoms with Crippen molar-refractivity contribution < 1.29 is 24.1 Å². The van der Waals surface area contributed by atoms with Crippen LogP contribution in [-0.2, 0) is 12.0 Å². The van der Waals surface area contributed by atoms with E-state index < -0.39 is 12.0 Å². The second-order valence-electron chi connectivity index (χ2n) is 9.60. The Morgan fingerprint density at radius 1 is 0.973 bits per heavy atom. The van der Waals surface area contributed by atoms with Crippen molar-refractivity contribution in [2.24, 2.45) is 5.73 Å². The van der Waals surface area contributed by atoms with E-state index in [1.807, 2.05) is 36.4 Å². The van der Waals surface area contributed by atoms with Crippen LogP contribution >= 0.6 is 0 Å². The molecule has 1 aliphatic rings. The largest absolute Gasteiger partial charge is 0.493 e. The Labute approximate surface area is 218 Å². The van der Waals surface area contributed by atoms with Gasteiger partial charge in [0.25, 0.3) is 5.91 Å². The van der Waals surface area contributed by atoms with E-state index in [4.69, 9.17) is 19.9 Å². The summed E-state index contributed by atoms with van der Waals surface area (Å²) in [5.41, 5.74) is 8.65. The number of carbonyl (C=O) groups excluding carboxylic acids is 1. The highest BCUT2D eigenvalue weighted by Gasteiger charge is 2.36. The molecule has 1 fully saturated rings. The molecule has 0 bridgehead atoms. The summed E-state index contributed by atoms with van der Waals surface area (Å²) in [6.45, 7) is 1.39. The van der Waals surface area contributed by atoms with Crippen LogP contribution in [-0.4, -0.2) is 38.3 Å². The van der Waals surface area contributed by atoms with Gasteiger partial charge < -0.3 is 30.4 Å². The van der Waals surface area contributed by atoms with E-state index >= 15 is 0 Å². The standard InChI is InChI=1S/C30H36N2O5/c1-35-27-13-11-23(17-28(27)36-2)30(14-6-7-15-30)20-32-18-25(33)22-10-12-26(24(16-22)29(31)34)37-19-21-8-4-3-5-9-21/h3-5,8-13,16-17,25,32-33H,6-7,14-15,18-20H2,1-2H3,(H2,31,34)/t25-/m0/s1. The Balaban J connectivity index is 1.42. The Kier molecular flexibility index (Phi) is 8.69. The van der Waals surface area contributed by atoms with Crippen molar-refractivity contribution in [3.8, 4) is 17.2 Å². The van der Waals surface area contributed by atoms with Crippen molar-refractivity contribution in [2.45, 2.75) is 43.8 Å². The van der Waals surface area contributed by atoms with Gasteiger partial charge in [0.05, 0.1) is 25.9 Å². The van der Waals surface area contributed by atoms with Crippen molar-refractivity contribution in [1.82, 2.24) is 5.32 Å². The van der Waals surface area contributed by atoms with Crippen LogP contribution in [0.5, 0.6) is 17.2 Å². The van der Waals surface area contributed by atoms with Gasteiger partial charge in [-0.25, -0.2) is 0 Å². The molecule has 0 unspecified atom stereocenters. The van der Waals surface area contributed by atoms with Gasteiger partial charge in [0.15, 0.2) is 11.5 Å². The Morgan fingerprint density at radius 3 is 2.35 bits per heavy atom. The maximum Gasteiger partial charge on any atom is 0.252 e. The Bertz CT molecular complexity index is 1190. The van der Waals surface area contributed by atoms with Crippen LogP contribution in [0.3, 0.4) is 0 Å². The van der Waals surface area contributed by atoms with Gasteiger partial charge in [0.1, 0.15) is 12.4 Å². The molecule has 0 heterocycles. The first-order valence-electron chi connectivity index (χ1n) is 12.7. The maximum atomic E-state index is 12.1. The average molecular weight is 505 g/mol. The third kappa shape index (κ3) is 6.24. The fraction of sp³-hybridized carbons (Fsp3) is 0.367. The van der Waals surface area contributed by atoms with Crippen molar-refractivity contribution in [3.05, 3.63) is 89.0 Å². The average Bonchev–Trinajstić information content (AvgIpc) is 3.41. The summed E-state index contributed by atoms with van der Waals surface area (Å²) in [5, 5.41) is 14.4. The minimum Gasteiger partial charge on any atom is -0.493 e. The number of nitrogens with one attached hydrogen (secondary N) is 1. The number of benzene rings is 3. The summed E-state index contributed by atoms with van der Waals surface area (Å²) in [4.78, 5) is 12.1. The Morgan fingerprint density at radius 2 is 1.68 bits per heavy atom. The predicted octanol–water partition coefficient (Wildman–Crippen LogP) is 4.52. The molecule has 4 N–H and O–H groups in total. The van der Waals surface area contributed by atoms with Gasteiger partial charge in [-0.15, -0.1) is 0 Å². The molecule has 4 rings (SSSR count). The molecule has 3 aromatic carbocycles. The van der Waals surface area contributed by atoms with Crippen molar-refractivity contribution in [3.63, 3.8) is 0 Å². The fourth-order valence-corrected chi connectivity index (χ4v) is 5.16. The third-order valence-electron chi connectivity index (χ3n) is 7.25. The number of aliphatic hydroxyl groups is 1. The molecule has 1 aliphatic carbocycles. The van der Waals surface area contributed by atoms with Crippen LogP contribution in [0.25, 0.3) is 0 Å². The molecule has 7 nitrogen and oxygen atoms in total. The number of hydrogen-bond acceptors (Lipinski definition) is 6. The van der Waals surface area contributed by atoms with E-state index in [1.54, 1.807) is 32.4 Å². The molecule has 196 valence electrons. The van der Waals surface area contributed by atoms with Crippen molar-refractivity contribution in [2.75, 3.05) is 27.3 Å². The summed E-state index contributed by atoms with van der Waals surface area (Å²) in [5.74, 6) is 1.24. The van der Waals surface area contributed by atoms with Gasteiger partial charge >= 0.3 is 0 Å². The lowest BCUT2D eigenvalue weighted by molar-refractivity contribution is 0.0995. The number of carbonyl (C=O) groups is 1. The molecule has 0 aliphatic heterocycles. The summed E-state index contributed by atoms with van der Waals surface area (Å²) >= 11 is 0. The normalized spacial score (nSPS) is 15.2. The number of aliphatic hydroxyl groups excluding tert-OH is 1. The summed E-state index contributed by atoms with van der Waals surface area (Å²) in [6, 6.07) is 20.9. The maximum absolute atomic E-state index is 12.1. The topological polar surface area (TPSA) is 103 Å². The Hall–Kier alpha value is -3.55. The first-order valence-corrected chi connectivity index (χ1v) is 12.7. The monoisotopic (exact) mass is 504 g/mol. The zero-order chi connectivity index (χ0) is 26.3. The van der Waals surface area contributed by atoms with Gasteiger partial charge in [0.2, 0.25) is 0 Å². The zero-order valence-electron chi connectivity index (χ0n) is 21.5. The van der Waals surface area contributed by atoms with E-state index in [-0.39, 0.29) is 11.0 Å². The molecule has 0 radical (unpaired) electrons. The van der Waals surface area contributed by atoms with E-state index in [1.165, 1.54) is 5.56 Å². The quantitative estimate of drug-likeness (QED) is 0.335. The van der Waals surface area contributed by atoms with Gasteiger partial charge in [-0.3, -0.25) is 4.79 Å². The highest BCUT2D eigenvalue weighted by atomic mass is 16.5. The smallest absolute Gasteiger partial charge is 0.252 e. The van der Waals surface area contributed by atoms with Gasteiger partial charge in [-0.1, -0.05) is 55.3 Å². The number of primary amides is 1. The molecule has 0 spiro atoms. The molecule has 3 aromatic rings. The molecular formula is C30H36N2O5. The molecular weight excluding hydrogens is 468 g/mol. The summed E-state index contributed by atoms with van der Waals surface area (Å²) in [6.07, 6.45) is 3.64. The number of rotatable bonds is 12. The molecule has 37 heavy (non-hydrogen) atoms. The van der Waals surface area contributed by atoms with Gasteiger partial charge in [0, 0.05) is 18.5 Å². The predicted molar refractivity (Wildman–Crippen MR) is 143 cm³/mol. The summed E-state index contributed by atoms with van der Waals surface area (Å²) < 4.78 is 16.8. The van der Waals surface area contributed by atoms with Gasteiger partial charge in [-0.2, -0.15) is 0 Å². The van der Waals surface area contributed by atoms with Crippen LogP contribution in [0.1, 0.15) is 58.8 Å². The highest BCUT2D eigenvalue weighted by Crippen LogP contribution is 2.43. The van der Waals surface area contributed by atoms with Crippen LogP contribution in [0.15, 0.2) is 66.7 Å². The number of methoxy groups -OCH3 is 2. The van der Waals surface area contributed by atoms with Crippen LogP contribution in [0.2, 0.25) is 0 Å². The second kappa shape index (κ2) is 12.1. The minimum atomic E-state index is -0.801. The fourth-order valence-electron chi connectivity index (χ4n) is 5.16. The van der Waals surface area contributed by atoms with E-state index in [0.29, 0.717) is 30.2 Å². The number of hydrogen-bond donors (Lipinski definition) is 3. The van der Waals surface area contributed by atoms with E-state index in [0.717, 1.165) is 43.5 Å². The number of amides is 1. The van der Waals surface area contributed by atoms with E-state index in [2.05, 4.69) is 17.4 Å². The molecule has 7 heteroatoms. The lowest BCUT2D eigenvalue weighted by Crippen LogP contribution is -2.37. The SMILES string of the molecule is COc1ccc(C2(CNC[C@H](O)c3ccc(OCc4ccccc4)c(C(N)=O)c3)CCCC2)cc1OC. The summed E-state index contributed by atoms with van der Waals surface area (Å²) in [7, 11) is 3.29. The molecule has 0 saturated heterocycles. The number of nitrogens with two attached hydrogens (primary N) is 1. The molecule has 1 saturated carbocycles. The lowest BCUT2D eigenvalue weighted by Gasteiger charge is -2.31. The van der Waals surface area contributed by atoms with Crippen molar-refractivity contribution in [1.29, 1.82) is 0 Å². The van der Waals surface area contributed by atoms with Crippen LogP contribution < -0.4 is 25.3 Å². The lowest BCUT2D eigenvalue weighted by atomic mass is 9.78. The van der Waals surface area contributed by atoms with Crippen molar-refractivity contribution >= 4 is 5.91 Å². The minimum absolute atomic E-state index is 0.0349. The first-order chi connectivity index (χ1) is 18.0. The second-order valence-corrected chi connectivity index (χ2v) is 9.60. The molecule has 1 amide bonds. The number of ether oxygens (including phenoxy) is 3. The van der Waals surface area contributed by atoms with Crippen LogP contribution in [0, 0.1) is 0 Å². The van der Waals surface area contributed by atoms with E-state index in [9.17, 15) is 9.90 Å². The van der Waals surface area contributed by atoms with Gasteiger partial charge in [-0.05, 0) is 53.8 Å².